The number of hydrogen-bond acceptors (Lipinski definition) is 5. The van der Waals surface area contributed by atoms with Gasteiger partial charge >= 0.3 is 0 Å². The van der Waals surface area contributed by atoms with E-state index in [0.717, 1.165) is 13.1 Å². The number of carbonyl (C=O) groups excluding carboxylic acids is 1. The Hall–Kier alpha value is -1.73. The minimum atomic E-state index is -0.420. The Morgan fingerprint density at radius 1 is 1.29 bits per heavy atom. The minimum Gasteiger partial charge on any atom is -0.454 e. The maximum atomic E-state index is 12.9. The number of fused-ring (bicyclic) bond motifs is 2. The maximum absolute atomic E-state index is 12.9. The standard InChI is InChI=1S/C17H21N3O3S/c1-11-4-2-3-5-19(11)6-7-20-16(21)12-8-14-15(23-10-22-14)9-13(12)18-17(20)24/h8-9,11-12H,2-7,10H2,1H3. The van der Waals surface area contributed by atoms with Gasteiger partial charge in [0.25, 0.3) is 0 Å². The highest BCUT2D eigenvalue weighted by Crippen LogP contribution is 2.31. The van der Waals surface area contributed by atoms with Crippen LogP contribution < -0.4 is 0 Å². The highest BCUT2D eigenvalue weighted by Gasteiger charge is 2.38. The summed E-state index contributed by atoms with van der Waals surface area (Å²) >= 11 is 5.37. The van der Waals surface area contributed by atoms with Gasteiger partial charge < -0.3 is 9.47 Å². The predicted octanol–water partition coefficient (Wildman–Crippen LogP) is 1.83. The van der Waals surface area contributed by atoms with Crippen LogP contribution in [-0.4, -0.2) is 59.0 Å². The van der Waals surface area contributed by atoms with Gasteiger partial charge in [-0.3, -0.25) is 14.6 Å². The molecule has 1 amide bonds. The third-order valence-corrected chi connectivity index (χ3v) is 5.44. The second-order valence-electron chi connectivity index (χ2n) is 6.61. The second kappa shape index (κ2) is 6.29. The molecule has 7 heteroatoms. The predicted molar refractivity (Wildman–Crippen MR) is 93.3 cm³/mol. The maximum Gasteiger partial charge on any atom is 0.241 e. The molecular weight excluding hydrogens is 326 g/mol. The van der Waals surface area contributed by atoms with E-state index in [0.29, 0.717) is 34.9 Å². The molecule has 3 heterocycles. The molecule has 24 heavy (non-hydrogen) atoms. The summed E-state index contributed by atoms with van der Waals surface area (Å²) in [5, 5.41) is 0.350. The van der Waals surface area contributed by atoms with Gasteiger partial charge in [0.15, 0.2) is 11.5 Å². The lowest BCUT2D eigenvalue weighted by atomic mass is 9.94. The Bertz CT molecular complexity index is 670. The lowest BCUT2D eigenvalue weighted by Gasteiger charge is -2.36. The molecule has 3 aliphatic heterocycles. The number of likely N-dealkylation sites (tertiary alicyclic amines) is 1. The summed E-state index contributed by atoms with van der Waals surface area (Å²) in [5.74, 6) is 0.824. The van der Waals surface area contributed by atoms with Crippen molar-refractivity contribution in [3.05, 3.63) is 23.7 Å². The normalized spacial score (nSPS) is 29.9. The van der Waals surface area contributed by atoms with E-state index in [2.05, 4.69) is 16.8 Å². The van der Waals surface area contributed by atoms with Gasteiger partial charge in [0.1, 0.15) is 5.92 Å². The molecule has 2 saturated heterocycles. The van der Waals surface area contributed by atoms with E-state index in [9.17, 15) is 4.79 Å². The van der Waals surface area contributed by atoms with Gasteiger partial charge in [-0.1, -0.05) is 6.42 Å². The average molecular weight is 347 g/mol. The molecule has 0 spiro atoms. The van der Waals surface area contributed by atoms with E-state index in [4.69, 9.17) is 21.7 Å². The molecule has 0 bridgehead atoms. The van der Waals surface area contributed by atoms with Crippen LogP contribution in [0.15, 0.2) is 28.7 Å². The number of amides is 1. The summed E-state index contributed by atoms with van der Waals surface area (Å²) in [6.07, 6.45) is 7.30. The van der Waals surface area contributed by atoms with Gasteiger partial charge in [-0.05, 0) is 44.6 Å². The van der Waals surface area contributed by atoms with Crippen LogP contribution in [0.3, 0.4) is 0 Å². The molecule has 0 radical (unpaired) electrons. The Labute approximate surface area is 146 Å². The topological polar surface area (TPSA) is 54.4 Å². The van der Waals surface area contributed by atoms with E-state index < -0.39 is 5.92 Å². The summed E-state index contributed by atoms with van der Waals surface area (Å²) in [6, 6.07) is 0.567. The summed E-state index contributed by atoms with van der Waals surface area (Å²) in [7, 11) is 0. The first-order chi connectivity index (χ1) is 11.6. The number of piperidine rings is 1. The monoisotopic (exact) mass is 347 g/mol. The highest BCUT2D eigenvalue weighted by molar-refractivity contribution is 7.80. The molecule has 0 saturated carbocycles. The van der Waals surface area contributed by atoms with Gasteiger partial charge in [-0.15, -0.1) is 0 Å². The molecule has 0 aromatic rings. The number of rotatable bonds is 3. The molecule has 0 aromatic carbocycles. The van der Waals surface area contributed by atoms with Crippen molar-refractivity contribution in [3.63, 3.8) is 0 Å². The third-order valence-electron chi connectivity index (χ3n) is 5.13. The molecule has 2 unspecified atom stereocenters. The van der Waals surface area contributed by atoms with Gasteiger partial charge in [0.05, 0.1) is 5.71 Å². The summed E-state index contributed by atoms with van der Waals surface area (Å²) in [4.78, 5) is 21.4. The number of nitrogens with zero attached hydrogens (tertiary/aromatic N) is 3. The van der Waals surface area contributed by atoms with Crippen LogP contribution in [0.4, 0.5) is 0 Å². The van der Waals surface area contributed by atoms with Crippen molar-refractivity contribution in [3.8, 4) is 0 Å². The summed E-state index contributed by atoms with van der Waals surface area (Å²) in [6.45, 7) is 4.96. The van der Waals surface area contributed by atoms with E-state index in [1.807, 2.05) is 0 Å². The van der Waals surface area contributed by atoms with Crippen LogP contribution in [0.5, 0.6) is 0 Å². The Balaban J connectivity index is 1.49. The van der Waals surface area contributed by atoms with Crippen molar-refractivity contribution < 1.29 is 14.3 Å². The third kappa shape index (κ3) is 2.75. The number of hydrogen-bond donors (Lipinski definition) is 0. The van der Waals surface area contributed by atoms with Gasteiger partial charge in [-0.2, -0.15) is 0 Å². The molecule has 1 aliphatic carbocycles. The molecule has 0 aromatic heterocycles. The van der Waals surface area contributed by atoms with Crippen molar-refractivity contribution >= 4 is 28.9 Å². The van der Waals surface area contributed by atoms with Gasteiger partial charge in [-0.25, -0.2) is 4.99 Å². The van der Waals surface area contributed by atoms with Gasteiger partial charge in [0.2, 0.25) is 17.8 Å². The van der Waals surface area contributed by atoms with Crippen molar-refractivity contribution in [2.45, 2.75) is 32.2 Å². The van der Waals surface area contributed by atoms with Gasteiger partial charge in [0, 0.05) is 25.2 Å². The molecule has 6 nitrogen and oxygen atoms in total. The fourth-order valence-electron chi connectivity index (χ4n) is 3.66. The van der Waals surface area contributed by atoms with Crippen molar-refractivity contribution in [2.75, 3.05) is 26.4 Å². The first kappa shape index (κ1) is 15.8. The Morgan fingerprint density at radius 3 is 2.96 bits per heavy atom. The lowest BCUT2D eigenvalue weighted by molar-refractivity contribution is -0.128. The zero-order valence-corrected chi connectivity index (χ0v) is 14.6. The SMILES string of the molecule is CC1CCCCN1CCN1C(=O)C2C=C3OCOC3=CC2=NC1=S. The van der Waals surface area contributed by atoms with Crippen LogP contribution in [0.1, 0.15) is 26.2 Å². The highest BCUT2D eigenvalue weighted by atomic mass is 32.1. The molecular formula is C17H21N3O3S. The first-order valence-corrected chi connectivity index (χ1v) is 8.92. The zero-order chi connectivity index (χ0) is 16.7. The second-order valence-corrected chi connectivity index (χ2v) is 6.98. The van der Waals surface area contributed by atoms with E-state index >= 15 is 0 Å². The van der Waals surface area contributed by atoms with Crippen LogP contribution in [-0.2, 0) is 14.3 Å². The quantitative estimate of drug-likeness (QED) is 0.729. The molecule has 4 aliphatic rings. The van der Waals surface area contributed by atoms with Crippen LogP contribution in [0, 0.1) is 5.92 Å². The zero-order valence-electron chi connectivity index (χ0n) is 13.7. The Morgan fingerprint density at radius 2 is 2.12 bits per heavy atom. The number of aliphatic imine (C=N–C) groups is 1. The summed E-state index contributed by atoms with van der Waals surface area (Å²) < 4.78 is 10.7. The number of allylic oxidation sites excluding steroid dienone is 1. The molecule has 128 valence electrons. The van der Waals surface area contributed by atoms with E-state index in [1.165, 1.54) is 19.3 Å². The van der Waals surface area contributed by atoms with Crippen molar-refractivity contribution in [1.82, 2.24) is 9.80 Å². The van der Waals surface area contributed by atoms with Crippen molar-refractivity contribution in [1.29, 1.82) is 0 Å². The minimum absolute atomic E-state index is 0.0204. The molecule has 0 N–H and O–H groups in total. The van der Waals surface area contributed by atoms with E-state index in [1.54, 1.807) is 17.1 Å². The first-order valence-electron chi connectivity index (χ1n) is 8.51. The van der Waals surface area contributed by atoms with Crippen LogP contribution in [0.2, 0.25) is 0 Å². The number of carbonyl (C=O) groups is 1. The smallest absolute Gasteiger partial charge is 0.241 e. The summed E-state index contributed by atoms with van der Waals surface area (Å²) in [5.41, 5.74) is 0.650. The Kier molecular flexibility index (Phi) is 4.14. The number of thiocarbonyl (C=S) groups is 1. The number of ether oxygens (including phenoxy) is 2. The molecule has 2 atom stereocenters. The average Bonchev–Trinajstić information content (AvgIpc) is 3.02. The molecule has 2 fully saturated rings. The molecule has 4 rings (SSSR count). The lowest BCUT2D eigenvalue weighted by Crippen LogP contribution is -2.50. The fourth-order valence-corrected chi connectivity index (χ4v) is 3.95. The van der Waals surface area contributed by atoms with Crippen molar-refractivity contribution in [2.24, 2.45) is 10.9 Å². The van der Waals surface area contributed by atoms with Crippen LogP contribution in [0.25, 0.3) is 0 Å². The fraction of sp³-hybridized carbons (Fsp3) is 0.588. The van der Waals surface area contributed by atoms with Crippen LogP contribution >= 0.6 is 12.2 Å². The van der Waals surface area contributed by atoms with E-state index in [-0.39, 0.29) is 12.7 Å². The largest absolute Gasteiger partial charge is 0.454 e.